The Bertz CT molecular complexity index is 785. The van der Waals surface area contributed by atoms with Crippen molar-refractivity contribution in [2.24, 2.45) is 0 Å². The molecule has 1 heterocycles. The van der Waals surface area contributed by atoms with Crippen LogP contribution in [0, 0.1) is 5.82 Å². The third-order valence-electron chi connectivity index (χ3n) is 4.25. The molecule has 26 heavy (non-hydrogen) atoms. The molecule has 0 saturated heterocycles. The molecule has 2 aromatic carbocycles. The minimum absolute atomic E-state index is 0.187. The lowest BCUT2D eigenvalue weighted by molar-refractivity contribution is 0.314. The highest BCUT2D eigenvalue weighted by Gasteiger charge is 2.05. The maximum atomic E-state index is 12.9. The van der Waals surface area contributed by atoms with Gasteiger partial charge in [0.25, 0.3) is 0 Å². The molecule has 3 aromatic rings. The molecule has 6 heteroatoms. The van der Waals surface area contributed by atoms with Crippen LogP contribution >= 0.6 is 0 Å². The number of halogens is 1. The van der Waals surface area contributed by atoms with Crippen molar-refractivity contribution in [2.75, 3.05) is 13.6 Å². The first-order valence-corrected chi connectivity index (χ1v) is 8.97. The van der Waals surface area contributed by atoms with Gasteiger partial charge in [0.05, 0.1) is 6.54 Å². The average Bonchev–Trinajstić information content (AvgIpc) is 3.13. The number of rotatable bonds is 9. The molecular weight excluding hydrogens is 329 g/mol. The van der Waals surface area contributed by atoms with E-state index in [9.17, 15) is 4.39 Å². The summed E-state index contributed by atoms with van der Waals surface area (Å²) >= 11 is 0. The van der Waals surface area contributed by atoms with Crippen molar-refractivity contribution in [3.63, 3.8) is 0 Å². The molecule has 136 valence electrons. The fourth-order valence-electron chi connectivity index (χ4n) is 2.83. The largest absolute Gasteiger partial charge is 0.302 e. The van der Waals surface area contributed by atoms with Crippen LogP contribution < -0.4 is 0 Å². The molecule has 5 nitrogen and oxygen atoms in total. The Morgan fingerprint density at radius 2 is 1.73 bits per heavy atom. The lowest BCUT2D eigenvalue weighted by atomic mass is 10.2. The van der Waals surface area contributed by atoms with E-state index in [4.69, 9.17) is 0 Å². The Hall–Kier alpha value is -2.60. The van der Waals surface area contributed by atoms with Gasteiger partial charge in [-0.3, -0.25) is 0 Å². The van der Waals surface area contributed by atoms with Gasteiger partial charge >= 0.3 is 0 Å². The van der Waals surface area contributed by atoms with Gasteiger partial charge in [-0.05, 0) is 49.3 Å². The zero-order chi connectivity index (χ0) is 18.2. The topological polar surface area (TPSA) is 46.8 Å². The summed E-state index contributed by atoms with van der Waals surface area (Å²) in [5, 5.41) is 12.7. The molecule has 3 rings (SSSR count). The smallest absolute Gasteiger partial charge is 0.204 e. The molecule has 0 amide bonds. The van der Waals surface area contributed by atoms with Gasteiger partial charge in [0.1, 0.15) is 5.82 Å². The number of aromatic nitrogens is 4. The second kappa shape index (κ2) is 9.20. The molecule has 0 spiro atoms. The number of nitrogens with zero attached hydrogens (tertiary/aromatic N) is 5. The molecule has 0 radical (unpaired) electrons. The SMILES string of the molecule is CN(CCCCCn1nnc(-c2ccccc2)n1)Cc1ccc(F)cc1. The first-order chi connectivity index (χ1) is 12.7. The second-order valence-electron chi connectivity index (χ2n) is 6.50. The van der Waals surface area contributed by atoms with Crippen LogP contribution in [-0.4, -0.2) is 38.7 Å². The lowest BCUT2D eigenvalue weighted by Crippen LogP contribution is -2.19. The summed E-state index contributed by atoms with van der Waals surface area (Å²) in [7, 11) is 2.09. The van der Waals surface area contributed by atoms with Gasteiger partial charge in [-0.15, -0.1) is 10.2 Å². The summed E-state index contributed by atoms with van der Waals surface area (Å²) in [5.41, 5.74) is 2.12. The third-order valence-corrected chi connectivity index (χ3v) is 4.25. The van der Waals surface area contributed by atoms with Crippen molar-refractivity contribution in [1.29, 1.82) is 0 Å². The first kappa shape index (κ1) is 18.2. The average molecular weight is 353 g/mol. The summed E-state index contributed by atoms with van der Waals surface area (Å²) in [4.78, 5) is 3.93. The zero-order valence-electron chi connectivity index (χ0n) is 15.1. The molecule has 0 aliphatic rings. The predicted octanol–water partition coefficient (Wildman–Crippen LogP) is 3.78. The van der Waals surface area contributed by atoms with Gasteiger partial charge < -0.3 is 4.90 Å². The number of aryl methyl sites for hydroxylation is 1. The predicted molar refractivity (Wildman–Crippen MR) is 99.8 cm³/mol. The Morgan fingerprint density at radius 3 is 2.50 bits per heavy atom. The van der Waals surface area contributed by atoms with Crippen LogP contribution in [0.4, 0.5) is 4.39 Å². The zero-order valence-corrected chi connectivity index (χ0v) is 15.1. The monoisotopic (exact) mass is 353 g/mol. The molecule has 0 saturated carbocycles. The summed E-state index contributed by atoms with van der Waals surface area (Å²) in [6.45, 7) is 2.63. The minimum Gasteiger partial charge on any atom is -0.302 e. The second-order valence-corrected chi connectivity index (χ2v) is 6.50. The van der Waals surface area contributed by atoms with E-state index >= 15 is 0 Å². The normalized spacial score (nSPS) is 11.2. The van der Waals surface area contributed by atoms with Gasteiger partial charge in [0.2, 0.25) is 5.82 Å². The fraction of sp³-hybridized carbons (Fsp3) is 0.350. The Balaban J connectivity index is 1.34. The number of hydrogen-bond acceptors (Lipinski definition) is 4. The van der Waals surface area contributed by atoms with Gasteiger partial charge in [0, 0.05) is 12.1 Å². The van der Waals surface area contributed by atoms with E-state index in [1.54, 1.807) is 4.80 Å². The highest BCUT2D eigenvalue weighted by molar-refractivity contribution is 5.52. The van der Waals surface area contributed by atoms with Crippen molar-refractivity contribution >= 4 is 0 Å². The van der Waals surface area contributed by atoms with Crippen LogP contribution in [0.15, 0.2) is 54.6 Å². The standard InChI is InChI=1S/C20H24FN5/c1-25(16-17-10-12-19(21)13-11-17)14-6-3-7-15-26-23-20(22-24-26)18-8-4-2-5-9-18/h2,4-5,8-13H,3,6-7,14-16H2,1H3. The van der Waals surface area contributed by atoms with E-state index in [0.717, 1.165) is 50.0 Å². The van der Waals surface area contributed by atoms with Gasteiger partial charge in [0.15, 0.2) is 0 Å². The molecule has 0 N–H and O–H groups in total. The van der Waals surface area contributed by atoms with Crippen molar-refractivity contribution < 1.29 is 4.39 Å². The number of tetrazole rings is 1. The quantitative estimate of drug-likeness (QED) is 0.549. The number of benzene rings is 2. The molecule has 0 unspecified atom stereocenters. The third kappa shape index (κ3) is 5.46. The van der Waals surface area contributed by atoms with Crippen molar-refractivity contribution in [3.8, 4) is 11.4 Å². The molecule has 0 atom stereocenters. The van der Waals surface area contributed by atoms with Gasteiger partial charge in [-0.2, -0.15) is 4.80 Å². The van der Waals surface area contributed by atoms with Crippen LogP contribution in [0.1, 0.15) is 24.8 Å². The van der Waals surface area contributed by atoms with Crippen LogP contribution in [0.25, 0.3) is 11.4 Å². The minimum atomic E-state index is -0.187. The number of hydrogen-bond donors (Lipinski definition) is 0. The van der Waals surface area contributed by atoms with Crippen LogP contribution in [-0.2, 0) is 13.1 Å². The van der Waals surface area contributed by atoms with E-state index in [-0.39, 0.29) is 5.82 Å². The molecule has 0 bridgehead atoms. The van der Waals surface area contributed by atoms with E-state index in [0.29, 0.717) is 5.82 Å². The summed E-state index contributed by atoms with van der Waals surface area (Å²) in [6, 6.07) is 16.6. The van der Waals surface area contributed by atoms with Crippen molar-refractivity contribution in [3.05, 3.63) is 66.0 Å². The molecule has 1 aromatic heterocycles. The highest BCUT2D eigenvalue weighted by Crippen LogP contribution is 2.12. The summed E-state index contributed by atoms with van der Waals surface area (Å²) < 4.78 is 12.9. The Labute approximate surface area is 153 Å². The van der Waals surface area contributed by atoms with E-state index < -0.39 is 0 Å². The van der Waals surface area contributed by atoms with E-state index in [2.05, 4.69) is 27.4 Å². The molecule has 0 aliphatic carbocycles. The Kier molecular flexibility index (Phi) is 6.44. The van der Waals surface area contributed by atoms with Crippen LogP contribution in [0.3, 0.4) is 0 Å². The number of unbranched alkanes of at least 4 members (excludes halogenated alkanes) is 2. The van der Waals surface area contributed by atoms with Crippen molar-refractivity contribution in [1.82, 2.24) is 25.1 Å². The van der Waals surface area contributed by atoms with E-state index in [1.807, 2.05) is 42.5 Å². The van der Waals surface area contributed by atoms with Gasteiger partial charge in [-0.25, -0.2) is 4.39 Å². The van der Waals surface area contributed by atoms with Crippen LogP contribution in [0.2, 0.25) is 0 Å². The Morgan fingerprint density at radius 1 is 0.962 bits per heavy atom. The summed E-state index contributed by atoms with van der Waals surface area (Å²) in [5.74, 6) is 0.484. The lowest BCUT2D eigenvalue weighted by Gasteiger charge is -2.16. The molecular formula is C20H24FN5. The molecule has 0 fully saturated rings. The van der Waals surface area contributed by atoms with Crippen LogP contribution in [0.5, 0.6) is 0 Å². The maximum absolute atomic E-state index is 12.9. The maximum Gasteiger partial charge on any atom is 0.204 e. The first-order valence-electron chi connectivity index (χ1n) is 8.97. The van der Waals surface area contributed by atoms with E-state index in [1.165, 1.54) is 12.1 Å². The molecule has 0 aliphatic heterocycles. The van der Waals surface area contributed by atoms with Crippen molar-refractivity contribution in [2.45, 2.75) is 32.4 Å². The van der Waals surface area contributed by atoms with Gasteiger partial charge in [-0.1, -0.05) is 48.9 Å². The highest BCUT2D eigenvalue weighted by atomic mass is 19.1. The summed E-state index contributed by atoms with van der Waals surface area (Å²) in [6.07, 6.45) is 3.24. The fourth-order valence-corrected chi connectivity index (χ4v) is 2.83.